The topological polar surface area (TPSA) is 101 Å². The Hall–Kier alpha value is -2.70. The van der Waals surface area contributed by atoms with Crippen molar-refractivity contribution in [3.8, 4) is 0 Å². The Morgan fingerprint density at radius 1 is 1.32 bits per heavy atom. The van der Waals surface area contributed by atoms with Gasteiger partial charge in [0.1, 0.15) is 6.33 Å². The van der Waals surface area contributed by atoms with Crippen LogP contribution in [0.4, 0.5) is 16.2 Å². The van der Waals surface area contributed by atoms with Crippen LogP contribution < -0.4 is 16.0 Å². The summed E-state index contributed by atoms with van der Waals surface area (Å²) in [5.74, 6) is -0.265. The maximum absolute atomic E-state index is 11.8. The molecule has 1 saturated heterocycles. The largest absolute Gasteiger partial charge is 0.397 e. The maximum Gasteiger partial charge on any atom is 0.328 e. The first kappa shape index (κ1) is 11.4. The second-order valence-electron chi connectivity index (χ2n) is 4.25. The number of nitrogens with zero attached hydrogens (tertiary/aromatic N) is 3. The second-order valence-corrected chi connectivity index (χ2v) is 4.25. The van der Waals surface area contributed by atoms with Gasteiger partial charge < -0.3 is 5.73 Å². The minimum absolute atomic E-state index is 0.265. The van der Waals surface area contributed by atoms with E-state index in [0.717, 1.165) is 5.39 Å². The molecule has 96 valence electrons. The molecule has 1 aromatic heterocycles. The van der Waals surface area contributed by atoms with E-state index >= 15 is 0 Å². The zero-order valence-electron chi connectivity index (χ0n) is 9.96. The fraction of sp³-hybridized carbons (Fsp3) is 0.167. The van der Waals surface area contributed by atoms with Crippen LogP contribution in [0.5, 0.6) is 0 Å². The zero-order chi connectivity index (χ0) is 13.4. The standard InChI is InChI=1S/C12H11N5O2/c13-9-4-8(3-7-5-14-6-15-11(7)9)17-2-1-10(18)16-12(17)19/h3-6H,1-2,13H2,(H,16,18,19). The predicted molar refractivity (Wildman–Crippen MR) is 69.5 cm³/mol. The fourth-order valence-corrected chi connectivity index (χ4v) is 2.08. The number of hydrogen-bond donors (Lipinski definition) is 2. The van der Waals surface area contributed by atoms with Gasteiger partial charge in [0.2, 0.25) is 5.91 Å². The number of rotatable bonds is 1. The number of nitrogens with one attached hydrogen (secondary N) is 1. The summed E-state index contributed by atoms with van der Waals surface area (Å²) in [5.41, 5.74) is 7.67. The maximum atomic E-state index is 11.8. The molecule has 7 nitrogen and oxygen atoms in total. The lowest BCUT2D eigenvalue weighted by Crippen LogP contribution is -2.49. The lowest BCUT2D eigenvalue weighted by atomic mass is 10.1. The van der Waals surface area contributed by atoms with Crippen LogP contribution in [0.15, 0.2) is 24.7 Å². The summed E-state index contributed by atoms with van der Waals surface area (Å²) < 4.78 is 0. The summed E-state index contributed by atoms with van der Waals surface area (Å²) >= 11 is 0. The van der Waals surface area contributed by atoms with E-state index in [4.69, 9.17) is 5.73 Å². The van der Waals surface area contributed by atoms with Crippen LogP contribution in [-0.4, -0.2) is 28.5 Å². The molecule has 1 fully saturated rings. The van der Waals surface area contributed by atoms with Crippen LogP contribution in [0.1, 0.15) is 6.42 Å². The molecule has 3 rings (SSSR count). The van der Waals surface area contributed by atoms with Crippen molar-refractivity contribution < 1.29 is 9.59 Å². The van der Waals surface area contributed by atoms with Gasteiger partial charge in [-0.05, 0) is 12.1 Å². The molecule has 3 amide bonds. The Morgan fingerprint density at radius 3 is 2.95 bits per heavy atom. The molecule has 1 aliphatic rings. The quantitative estimate of drug-likeness (QED) is 0.731. The van der Waals surface area contributed by atoms with Crippen molar-refractivity contribution >= 4 is 34.2 Å². The van der Waals surface area contributed by atoms with Crippen LogP contribution in [-0.2, 0) is 4.79 Å². The van der Waals surface area contributed by atoms with E-state index in [1.807, 2.05) is 0 Å². The molecule has 2 heterocycles. The van der Waals surface area contributed by atoms with Crippen LogP contribution in [0.25, 0.3) is 10.9 Å². The van der Waals surface area contributed by atoms with Crippen LogP contribution in [0.2, 0.25) is 0 Å². The highest BCUT2D eigenvalue weighted by Gasteiger charge is 2.24. The summed E-state index contributed by atoms with van der Waals surface area (Å²) in [5, 5.41) is 3.02. The normalized spacial score (nSPS) is 15.7. The molecule has 1 aliphatic heterocycles. The molecule has 0 atom stereocenters. The lowest BCUT2D eigenvalue weighted by Gasteiger charge is -2.26. The van der Waals surface area contributed by atoms with E-state index in [-0.39, 0.29) is 12.3 Å². The summed E-state index contributed by atoms with van der Waals surface area (Å²) in [7, 11) is 0. The highest BCUT2D eigenvalue weighted by Crippen LogP contribution is 2.27. The van der Waals surface area contributed by atoms with Crippen molar-refractivity contribution in [1.82, 2.24) is 15.3 Å². The number of benzene rings is 1. The van der Waals surface area contributed by atoms with Gasteiger partial charge in [0.25, 0.3) is 0 Å². The van der Waals surface area contributed by atoms with Crippen LogP contribution >= 0.6 is 0 Å². The number of carbonyl (C=O) groups is 2. The third-order valence-corrected chi connectivity index (χ3v) is 2.99. The van der Waals surface area contributed by atoms with Gasteiger partial charge in [0, 0.05) is 30.2 Å². The minimum Gasteiger partial charge on any atom is -0.397 e. The van der Waals surface area contributed by atoms with E-state index in [1.165, 1.54) is 11.2 Å². The third kappa shape index (κ3) is 1.95. The smallest absolute Gasteiger partial charge is 0.328 e. The highest BCUT2D eigenvalue weighted by molar-refractivity contribution is 6.07. The number of aromatic nitrogens is 2. The monoisotopic (exact) mass is 257 g/mol. The molecule has 0 saturated carbocycles. The average molecular weight is 257 g/mol. The predicted octanol–water partition coefficient (Wildman–Crippen LogP) is 0.658. The van der Waals surface area contributed by atoms with Crippen LogP contribution in [0, 0.1) is 0 Å². The summed E-state index contributed by atoms with van der Waals surface area (Å²) in [6.07, 6.45) is 3.33. The van der Waals surface area contributed by atoms with E-state index in [0.29, 0.717) is 23.4 Å². The summed E-state index contributed by atoms with van der Waals surface area (Å²) in [6, 6.07) is 3.01. The molecule has 0 bridgehead atoms. The molecule has 3 N–H and O–H groups in total. The number of nitrogens with two attached hydrogens (primary N) is 1. The van der Waals surface area contributed by atoms with E-state index in [2.05, 4.69) is 15.3 Å². The third-order valence-electron chi connectivity index (χ3n) is 2.99. The van der Waals surface area contributed by atoms with Gasteiger partial charge in [0.15, 0.2) is 0 Å². The Morgan fingerprint density at radius 2 is 2.16 bits per heavy atom. The number of imide groups is 1. The number of urea groups is 1. The lowest BCUT2D eigenvalue weighted by molar-refractivity contribution is -0.120. The number of hydrogen-bond acceptors (Lipinski definition) is 5. The van der Waals surface area contributed by atoms with Gasteiger partial charge in [-0.25, -0.2) is 14.8 Å². The molecule has 2 aromatic rings. The molecule has 1 aromatic carbocycles. The average Bonchev–Trinajstić information content (AvgIpc) is 2.38. The van der Waals surface area contributed by atoms with Crippen molar-refractivity contribution in [3.63, 3.8) is 0 Å². The van der Waals surface area contributed by atoms with Crippen molar-refractivity contribution in [2.24, 2.45) is 0 Å². The molecule has 7 heteroatoms. The minimum atomic E-state index is -0.438. The molecule has 0 radical (unpaired) electrons. The second kappa shape index (κ2) is 4.20. The van der Waals surface area contributed by atoms with Gasteiger partial charge in [0.05, 0.1) is 11.2 Å². The van der Waals surface area contributed by atoms with Gasteiger partial charge in [-0.15, -0.1) is 0 Å². The van der Waals surface area contributed by atoms with E-state index < -0.39 is 6.03 Å². The Labute approximate surface area is 108 Å². The first-order valence-electron chi connectivity index (χ1n) is 5.76. The molecular formula is C12H11N5O2. The van der Waals surface area contributed by atoms with Crippen LogP contribution in [0.3, 0.4) is 0 Å². The number of amides is 3. The number of nitrogen functional groups attached to an aromatic ring is 1. The van der Waals surface area contributed by atoms with E-state index in [9.17, 15) is 9.59 Å². The van der Waals surface area contributed by atoms with Crippen molar-refractivity contribution in [1.29, 1.82) is 0 Å². The van der Waals surface area contributed by atoms with Crippen molar-refractivity contribution in [2.45, 2.75) is 6.42 Å². The Bertz CT molecular complexity index is 685. The number of anilines is 2. The summed E-state index contributed by atoms with van der Waals surface area (Å²) in [4.78, 5) is 32.4. The molecular weight excluding hydrogens is 246 g/mol. The number of fused-ring (bicyclic) bond motifs is 1. The molecule has 0 spiro atoms. The zero-order valence-corrected chi connectivity index (χ0v) is 9.96. The first-order valence-corrected chi connectivity index (χ1v) is 5.76. The van der Waals surface area contributed by atoms with Crippen molar-refractivity contribution in [2.75, 3.05) is 17.2 Å². The van der Waals surface area contributed by atoms with Crippen molar-refractivity contribution in [3.05, 3.63) is 24.7 Å². The molecule has 0 aliphatic carbocycles. The molecule has 0 unspecified atom stereocenters. The van der Waals surface area contributed by atoms with E-state index in [1.54, 1.807) is 18.3 Å². The summed E-state index contributed by atoms with van der Waals surface area (Å²) in [6.45, 7) is 0.337. The fourth-order valence-electron chi connectivity index (χ4n) is 2.08. The van der Waals surface area contributed by atoms with Gasteiger partial charge >= 0.3 is 6.03 Å². The van der Waals surface area contributed by atoms with Gasteiger partial charge in [-0.1, -0.05) is 0 Å². The van der Waals surface area contributed by atoms with Gasteiger partial charge in [-0.2, -0.15) is 0 Å². The Kier molecular flexibility index (Phi) is 2.52. The number of carbonyl (C=O) groups excluding carboxylic acids is 2. The molecule has 19 heavy (non-hydrogen) atoms. The SMILES string of the molecule is Nc1cc(N2CCC(=O)NC2=O)cc2cncnc12. The Balaban J connectivity index is 2.06. The highest BCUT2D eigenvalue weighted by atomic mass is 16.2. The first-order chi connectivity index (χ1) is 9.15. The van der Waals surface area contributed by atoms with Gasteiger partial charge in [-0.3, -0.25) is 15.0 Å².